The molecular formula is C17H9NO4. The molecule has 0 radical (unpaired) electrons. The molecule has 0 spiro atoms. The second-order valence-corrected chi connectivity index (χ2v) is 4.53. The van der Waals surface area contributed by atoms with E-state index in [1.807, 2.05) is 30.3 Å². The maximum atomic E-state index is 12.3. The van der Waals surface area contributed by atoms with E-state index in [-0.39, 0.29) is 22.1 Å². The third kappa shape index (κ3) is 2.58. The lowest BCUT2D eigenvalue weighted by Gasteiger charge is -1.97. The first-order valence-corrected chi connectivity index (χ1v) is 6.42. The maximum absolute atomic E-state index is 12.3. The van der Waals surface area contributed by atoms with E-state index in [0.29, 0.717) is 5.58 Å². The van der Waals surface area contributed by atoms with Crippen molar-refractivity contribution in [1.82, 2.24) is 0 Å². The molecule has 1 aromatic heterocycles. The normalized spacial score (nSPS) is 10.0. The molecule has 3 aromatic rings. The van der Waals surface area contributed by atoms with Crippen molar-refractivity contribution in [3.8, 4) is 11.8 Å². The van der Waals surface area contributed by atoms with Crippen LogP contribution in [0.15, 0.2) is 64.0 Å². The van der Waals surface area contributed by atoms with Crippen molar-refractivity contribution >= 4 is 16.7 Å². The monoisotopic (exact) mass is 291 g/mol. The molecule has 0 amide bonds. The van der Waals surface area contributed by atoms with Crippen LogP contribution in [0.25, 0.3) is 11.0 Å². The number of nitrogens with zero attached hydrogens (tertiary/aromatic N) is 1. The van der Waals surface area contributed by atoms with Gasteiger partial charge in [0.05, 0.1) is 10.3 Å². The summed E-state index contributed by atoms with van der Waals surface area (Å²) in [5.41, 5.74) is 0.681. The van der Waals surface area contributed by atoms with Gasteiger partial charge in [-0.2, -0.15) is 0 Å². The summed E-state index contributed by atoms with van der Waals surface area (Å²) < 4.78 is 5.32. The molecule has 0 bridgehead atoms. The van der Waals surface area contributed by atoms with Gasteiger partial charge in [0, 0.05) is 17.7 Å². The molecule has 0 unspecified atom stereocenters. The van der Waals surface area contributed by atoms with Crippen molar-refractivity contribution in [3.63, 3.8) is 0 Å². The fourth-order valence-corrected chi connectivity index (χ4v) is 1.98. The van der Waals surface area contributed by atoms with E-state index in [9.17, 15) is 14.9 Å². The zero-order chi connectivity index (χ0) is 15.5. The standard InChI is InChI=1S/C17H9NO4/c19-17-13(7-6-12-4-2-1-3-5-12)11-22-16-9-8-14(18(20)21)10-15(16)17/h1-5,8-11H. The zero-order valence-electron chi connectivity index (χ0n) is 11.3. The van der Waals surface area contributed by atoms with E-state index in [0.717, 1.165) is 5.56 Å². The Balaban J connectivity index is 2.12. The molecular weight excluding hydrogens is 282 g/mol. The van der Waals surface area contributed by atoms with Crippen LogP contribution in [0.1, 0.15) is 11.1 Å². The van der Waals surface area contributed by atoms with Crippen LogP contribution in [0.5, 0.6) is 0 Å². The van der Waals surface area contributed by atoms with Gasteiger partial charge < -0.3 is 4.42 Å². The second kappa shape index (κ2) is 5.54. The van der Waals surface area contributed by atoms with Crippen LogP contribution in [0.3, 0.4) is 0 Å². The highest BCUT2D eigenvalue weighted by Gasteiger charge is 2.11. The molecule has 0 aliphatic rings. The molecule has 0 saturated carbocycles. The summed E-state index contributed by atoms with van der Waals surface area (Å²) in [6, 6.07) is 13.1. The maximum Gasteiger partial charge on any atom is 0.270 e. The van der Waals surface area contributed by atoms with E-state index < -0.39 is 4.92 Å². The Bertz CT molecular complexity index is 978. The van der Waals surface area contributed by atoms with Gasteiger partial charge in [-0.3, -0.25) is 14.9 Å². The number of hydrogen-bond acceptors (Lipinski definition) is 4. The van der Waals surface area contributed by atoms with Crippen LogP contribution in [0.4, 0.5) is 5.69 Å². The molecule has 0 aliphatic heterocycles. The predicted octanol–water partition coefficient (Wildman–Crippen LogP) is 3.10. The number of rotatable bonds is 1. The van der Waals surface area contributed by atoms with Gasteiger partial charge >= 0.3 is 0 Å². The largest absolute Gasteiger partial charge is 0.463 e. The number of benzene rings is 2. The molecule has 5 nitrogen and oxygen atoms in total. The number of nitro groups is 1. The second-order valence-electron chi connectivity index (χ2n) is 4.53. The topological polar surface area (TPSA) is 73.3 Å². The molecule has 1 heterocycles. The zero-order valence-corrected chi connectivity index (χ0v) is 11.3. The molecule has 22 heavy (non-hydrogen) atoms. The number of hydrogen-bond donors (Lipinski definition) is 0. The predicted molar refractivity (Wildman–Crippen MR) is 81.6 cm³/mol. The van der Waals surface area contributed by atoms with Crippen molar-refractivity contribution in [2.24, 2.45) is 0 Å². The van der Waals surface area contributed by atoms with Crippen LogP contribution in [-0.4, -0.2) is 4.92 Å². The van der Waals surface area contributed by atoms with Crippen LogP contribution < -0.4 is 5.43 Å². The Kier molecular flexibility index (Phi) is 3.42. The van der Waals surface area contributed by atoms with Crippen LogP contribution >= 0.6 is 0 Å². The summed E-state index contributed by atoms with van der Waals surface area (Å²) in [7, 11) is 0. The molecule has 106 valence electrons. The lowest BCUT2D eigenvalue weighted by Crippen LogP contribution is -2.06. The van der Waals surface area contributed by atoms with Gasteiger partial charge in [-0.25, -0.2) is 0 Å². The van der Waals surface area contributed by atoms with E-state index in [2.05, 4.69) is 11.8 Å². The van der Waals surface area contributed by atoms with Gasteiger partial charge in [-0.05, 0) is 18.2 Å². The summed E-state index contributed by atoms with van der Waals surface area (Å²) in [4.78, 5) is 22.6. The van der Waals surface area contributed by atoms with Gasteiger partial charge in [0.15, 0.2) is 0 Å². The number of non-ortho nitro benzene ring substituents is 1. The smallest absolute Gasteiger partial charge is 0.270 e. The van der Waals surface area contributed by atoms with Gasteiger partial charge in [-0.15, -0.1) is 0 Å². The van der Waals surface area contributed by atoms with Crippen molar-refractivity contribution < 1.29 is 9.34 Å². The third-order valence-corrected chi connectivity index (χ3v) is 3.08. The summed E-state index contributed by atoms with van der Waals surface area (Å²) in [5, 5.41) is 10.9. The highest BCUT2D eigenvalue weighted by Crippen LogP contribution is 2.18. The Morgan fingerprint density at radius 2 is 1.82 bits per heavy atom. The molecule has 0 N–H and O–H groups in total. The lowest BCUT2D eigenvalue weighted by atomic mass is 10.1. The summed E-state index contributed by atoms with van der Waals surface area (Å²) in [6.45, 7) is 0. The SMILES string of the molecule is O=c1c(C#Cc2ccccc2)coc2ccc([N+](=O)[O-])cc12. The quantitative estimate of drug-likeness (QED) is 0.392. The first kappa shape index (κ1) is 13.6. The molecule has 0 fully saturated rings. The first-order valence-electron chi connectivity index (χ1n) is 6.42. The lowest BCUT2D eigenvalue weighted by molar-refractivity contribution is -0.384. The third-order valence-electron chi connectivity index (χ3n) is 3.08. The van der Waals surface area contributed by atoms with Crippen molar-refractivity contribution in [3.05, 3.63) is 86.3 Å². The number of nitro benzene ring substituents is 1. The van der Waals surface area contributed by atoms with Crippen LogP contribution in [0, 0.1) is 22.0 Å². The Hall–Kier alpha value is -3.39. The Morgan fingerprint density at radius 3 is 2.55 bits per heavy atom. The average molecular weight is 291 g/mol. The molecule has 0 saturated heterocycles. The van der Waals surface area contributed by atoms with Crippen molar-refractivity contribution in [2.45, 2.75) is 0 Å². The van der Waals surface area contributed by atoms with Gasteiger partial charge in [0.25, 0.3) is 5.69 Å². The fraction of sp³-hybridized carbons (Fsp3) is 0. The minimum atomic E-state index is -0.554. The summed E-state index contributed by atoms with van der Waals surface area (Å²) in [5.74, 6) is 5.60. The van der Waals surface area contributed by atoms with E-state index in [4.69, 9.17) is 4.42 Å². The Morgan fingerprint density at radius 1 is 1.05 bits per heavy atom. The van der Waals surface area contributed by atoms with Gasteiger partial charge in [0.2, 0.25) is 5.43 Å². The van der Waals surface area contributed by atoms with Gasteiger partial charge in [-0.1, -0.05) is 30.0 Å². The van der Waals surface area contributed by atoms with Crippen LogP contribution in [-0.2, 0) is 0 Å². The fourth-order valence-electron chi connectivity index (χ4n) is 1.98. The van der Waals surface area contributed by atoms with E-state index in [1.54, 1.807) is 0 Å². The van der Waals surface area contributed by atoms with Gasteiger partial charge in [0.1, 0.15) is 17.4 Å². The summed E-state index contributed by atoms with van der Waals surface area (Å²) >= 11 is 0. The minimum Gasteiger partial charge on any atom is -0.463 e. The molecule has 0 aliphatic carbocycles. The molecule has 3 rings (SSSR count). The van der Waals surface area contributed by atoms with E-state index >= 15 is 0 Å². The highest BCUT2D eigenvalue weighted by molar-refractivity contribution is 5.80. The van der Waals surface area contributed by atoms with Crippen molar-refractivity contribution in [2.75, 3.05) is 0 Å². The molecule has 2 aromatic carbocycles. The average Bonchev–Trinajstić information content (AvgIpc) is 2.55. The Labute approximate surface area is 125 Å². The highest BCUT2D eigenvalue weighted by atomic mass is 16.6. The number of fused-ring (bicyclic) bond motifs is 1. The first-order chi connectivity index (χ1) is 10.6. The molecule has 5 heteroatoms. The van der Waals surface area contributed by atoms with Crippen molar-refractivity contribution in [1.29, 1.82) is 0 Å². The van der Waals surface area contributed by atoms with Crippen LogP contribution in [0.2, 0.25) is 0 Å². The van der Waals surface area contributed by atoms with E-state index in [1.165, 1.54) is 24.5 Å². The molecule has 0 atom stereocenters. The summed E-state index contributed by atoms with van der Waals surface area (Å²) in [6.07, 6.45) is 1.27. The minimum absolute atomic E-state index is 0.147.